The average molecular weight is 400 g/mol. The average Bonchev–Trinajstić information content (AvgIpc) is 2.89. The maximum absolute atomic E-state index is 12.1. The molecule has 0 N–H and O–H groups in total. The zero-order chi connectivity index (χ0) is 19.4. The van der Waals surface area contributed by atoms with E-state index in [1.807, 2.05) is 32.0 Å². The van der Waals surface area contributed by atoms with E-state index in [-0.39, 0.29) is 23.8 Å². The standard InChI is InChI=1S/C24H30NO2.ClH/c1-18-11-10-12-19(2)23(18)27-22(26)15-6-5-9-16-25-17-24(3,4)20-13-7-8-14-21(20)25;/h7-8,10-14,17H,5-6,9,15-16H2,1-4H3;1H/q+1;/p-1. The lowest BCUT2D eigenvalue weighted by Gasteiger charge is -2.10. The first kappa shape index (κ1) is 22.2. The van der Waals surface area contributed by atoms with Gasteiger partial charge in [0.15, 0.2) is 6.21 Å². The van der Waals surface area contributed by atoms with Gasteiger partial charge in [-0.25, -0.2) is 4.58 Å². The fourth-order valence-electron chi connectivity index (χ4n) is 3.84. The van der Waals surface area contributed by atoms with Crippen LogP contribution in [0.1, 0.15) is 56.2 Å². The van der Waals surface area contributed by atoms with Crippen LogP contribution in [-0.2, 0) is 10.2 Å². The van der Waals surface area contributed by atoms with Crippen molar-refractivity contribution in [1.82, 2.24) is 0 Å². The zero-order valence-electron chi connectivity index (χ0n) is 17.3. The molecule has 0 fully saturated rings. The van der Waals surface area contributed by atoms with Crippen LogP contribution in [0.3, 0.4) is 0 Å². The van der Waals surface area contributed by atoms with Crippen molar-refractivity contribution in [2.45, 2.75) is 58.8 Å². The highest BCUT2D eigenvalue weighted by atomic mass is 35.5. The number of carbonyl (C=O) groups is 1. The molecule has 1 heterocycles. The molecule has 0 saturated carbocycles. The van der Waals surface area contributed by atoms with Crippen LogP contribution in [-0.4, -0.2) is 23.3 Å². The maximum Gasteiger partial charge on any atom is 0.311 e. The first-order valence-corrected chi connectivity index (χ1v) is 9.87. The van der Waals surface area contributed by atoms with E-state index in [1.165, 1.54) is 11.3 Å². The predicted molar refractivity (Wildman–Crippen MR) is 110 cm³/mol. The molecule has 0 bridgehead atoms. The van der Waals surface area contributed by atoms with E-state index in [4.69, 9.17) is 4.74 Å². The largest absolute Gasteiger partial charge is 1.00 e. The summed E-state index contributed by atoms with van der Waals surface area (Å²) < 4.78 is 7.94. The summed E-state index contributed by atoms with van der Waals surface area (Å²) in [5.74, 6) is 0.583. The molecule has 0 unspecified atom stereocenters. The minimum absolute atomic E-state index is 0. The predicted octanol–water partition coefficient (Wildman–Crippen LogP) is 2.48. The first-order valence-electron chi connectivity index (χ1n) is 9.87. The number of hydrogen-bond donors (Lipinski definition) is 0. The van der Waals surface area contributed by atoms with Crippen molar-refractivity contribution in [3.63, 3.8) is 0 Å². The summed E-state index contributed by atoms with van der Waals surface area (Å²) in [7, 11) is 0. The number of halogens is 1. The summed E-state index contributed by atoms with van der Waals surface area (Å²) in [6.07, 6.45) is 5.75. The zero-order valence-corrected chi connectivity index (χ0v) is 18.1. The molecule has 0 saturated heterocycles. The Balaban J connectivity index is 0.00000280. The number of benzene rings is 2. The minimum Gasteiger partial charge on any atom is -1.00 e. The molecule has 28 heavy (non-hydrogen) atoms. The maximum atomic E-state index is 12.1. The summed E-state index contributed by atoms with van der Waals surface area (Å²) in [5, 5.41) is 0. The Labute approximate surface area is 174 Å². The third-order valence-corrected chi connectivity index (χ3v) is 5.29. The van der Waals surface area contributed by atoms with Gasteiger partial charge in [-0.2, -0.15) is 0 Å². The van der Waals surface area contributed by atoms with Crippen LogP contribution in [0.25, 0.3) is 0 Å². The van der Waals surface area contributed by atoms with Gasteiger partial charge < -0.3 is 17.1 Å². The fourth-order valence-corrected chi connectivity index (χ4v) is 3.84. The summed E-state index contributed by atoms with van der Waals surface area (Å²) in [5.41, 5.74) is 4.81. The molecule has 1 aliphatic heterocycles. The topological polar surface area (TPSA) is 29.3 Å². The van der Waals surface area contributed by atoms with Crippen LogP contribution in [0, 0.1) is 13.8 Å². The van der Waals surface area contributed by atoms with Crippen molar-refractivity contribution >= 4 is 17.9 Å². The summed E-state index contributed by atoms with van der Waals surface area (Å²) >= 11 is 0. The number of carbonyl (C=O) groups excluding carboxylic acids is 1. The van der Waals surface area contributed by atoms with Crippen LogP contribution in [0.15, 0.2) is 42.5 Å². The Morgan fingerprint density at radius 2 is 1.64 bits per heavy atom. The molecule has 0 aliphatic carbocycles. The van der Waals surface area contributed by atoms with E-state index in [1.54, 1.807) is 0 Å². The molecule has 0 aromatic heterocycles. The molecule has 3 nitrogen and oxygen atoms in total. The number of hydrogen-bond acceptors (Lipinski definition) is 2. The number of unbranched alkanes of at least 4 members (excludes halogenated alkanes) is 2. The van der Waals surface area contributed by atoms with Gasteiger partial charge in [-0.15, -0.1) is 0 Å². The summed E-state index contributed by atoms with van der Waals surface area (Å²) in [4.78, 5) is 12.1. The van der Waals surface area contributed by atoms with E-state index in [9.17, 15) is 4.79 Å². The number of nitrogens with zero attached hydrogens (tertiary/aromatic N) is 1. The molecular weight excluding hydrogens is 370 g/mol. The van der Waals surface area contributed by atoms with Crippen LogP contribution >= 0.6 is 0 Å². The van der Waals surface area contributed by atoms with E-state index in [0.717, 1.165) is 36.9 Å². The highest BCUT2D eigenvalue weighted by molar-refractivity contribution is 5.76. The molecular formula is C24H30ClNO2. The van der Waals surface area contributed by atoms with E-state index in [0.29, 0.717) is 12.2 Å². The van der Waals surface area contributed by atoms with Gasteiger partial charge in [-0.3, -0.25) is 4.79 Å². The molecule has 0 spiro atoms. The minimum atomic E-state index is -0.133. The molecule has 0 amide bonds. The second-order valence-corrected chi connectivity index (χ2v) is 8.07. The Kier molecular flexibility index (Phi) is 7.42. The van der Waals surface area contributed by atoms with Gasteiger partial charge in [0.2, 0.25) is 5.69 Å². The lowest BCUT2D eigenvalue weighted by molar-refractivity contribution is -0.434. The number of esters is 1. The molecule has 3 rings (SSSR count). The Morgan fingerprint density at radius 3 is 2.36 bits per heavy atom. The SMILES string of the molecule is Cc1cccc(C)c1OC(=O)CCCCC[N+]1=CC(C)(C)c2ccccc21.[Cl-]. The second kappa shape index (κ2) is 9.38. The van der Waals surface area contributed by atoms with Crippen LogP contribution in [0.4, 0.5) is 5.69 Å². The Morgan fingerprint density at radius 1 is 0.964 bits per heavy atom. The van der Waals surface area contributed by atoms with Gasteiger partial charge in [0.25, 0.3) is 0 Å². The molecule has 2 aromatic carbocycles. The Hall–Kier alpha value is -2.13. The van der Waals surface area contributed by atoms with Crippen molar-refractivity contribution in [3.05, 3.63) is 59.2 Å². The van der Waals surface area contributed by atoms with Crippen molar-refractivity contribution < 1.29 is 26.5 Å². The molecule has 0 atom stereocenters. The van der Waals surface area contributed by atoms with E-state index < -0.39 is 0 Å². The van der Waals surface area contributed by atoms with Gasteiger partial charge in [0.05, 0.1) is 5.41 Å². The molecule has 0 radical (unpaired) electrons. The highest BCUT2D eigenvalue weighted by Crippen LogP contribution is 2.35. The quantitative estimate of drug-likeness (QED) is 0.310. The number of aryl methyl sites for hydroxylation is 2. The molecule has 2 aromatic rings. The van der Waals surface area contributed by atoms with Gasteiger partial charge in [-0.1, -0.05) is 36.4 Å². The third kappa shape index (κ3) is 5.02. The number of ether oxygens (including phenoxy) is 1. The third-order valence-electron chi connectivity index (χ3n) is 5.29. The fraction of sp³-hybridized carbons (Fsp3) is 0.417. The van der Waals surface area contributed by atoms with Gasteiger partial charge in [0, 0.05) is 24.5 Å². The van der Waals surface area contributed by atoms with Crippen molar-refractivity contribution in [2.24, 2.45) is 0 Å². The monoisotopic (exact) mass is 399 g/mol. The summed E-state index contributed by atoms with van der Waals surface area (Å²) in [6.45, 7) is 9.46. The smallest absolute Gasteiger partial charge is 0.311 e. The van der Waals surface area contributed by atoms with Crippen LogP contribution in [0.5, 0.6) is 5.75 Å². The molecule has 150 valence electrons. The lowest BCUT2D eigenvalue weighted by Crippen LogP contribution is -3.00. The summed E-state index contributed by atoms with van der Waals surface area (Å²) in [6, 6.07) is 14.6. The van der Waals surface area contributed by atoms with E-state index >= 15 is 0 Å². The molecule has 1 aliphatic rings. The van der Waals surface area contributed by atoms with E-state index in [2.05, 4.69) is 48.9 Å². The lowest BCUT2D eigenvalue weighted by atomic mass is 9.87. The van der Waals surface area contributed by atoms with Gasteiger partial charge in [0.1, 0.15) is 12.3 Å². The number of rotatable bonds is 7. The first-order chi connectivity index (χ1) is 12.9. The highest BCUT2D eigenvalue weighted by Gasteiger charge is 2.36. The van der Waals surface area contributed by atoms with Crippen LogP contribution in [0.2, 0.25) is 0 Å². The number of para-hydroxylation sites is 2. The van der Waals surface area contributed by atoms with Crippen LogP contribution < -0.4 is 17.1 Å². The normalized spacial score (nSPS) is 14.1. The second-order valence-electron chi connectivity index (χ2n) is 8.07. The van der Waals surface area contributed by atoms with Gasteiger partial charge in [-0.05, 0) is 51.7 Å². The Bertz CT molecular complexity index is 850. The van der Waals surface area contributed by atoms with Crippen molar-refractivity contribution in [3.8, 4) is 5.75 Å². The number of fused-ring (bicyclic) bond motifs is 1. The van der Waals surface area contributed by atoms with Crippen molar-refractivity contribution in [2.75, 3.05) is 6.54 Å². The van der Waals surface area contributed by atoms with Gasteiger partial charge >= 0.3 is 5.97 Å². The molecule has 4 heteroatoms. The van der Waals surface area contributed by atoms with Crippen molar-refractivity contribution in [1.29, 1.82) is 0 Å².